The van der Waals surface area contributed by atoms with E-state index < -0.39 is 21.8 Å². The number of hydrogen-bond acceptors (Lipinski definition) is 7. The summed E-state index contributed by atoms with van der Waals surface area (Å²) in [5, 5.41) is 4.79. The standard InChI is InChI=1S/C28H22FN3O5S3/c29-22-11-9-19(10-12-22)18-37-24-8-4-5-20(15-24)26-21(17-32(30-26)23-6-2-1-3-7-23)16-25-27(33)31(28(38)39-25)13-14-40(34,35)36/h1-12,15-17H,13-14,18H2,(H,34,35,36)/b25-16-. The molecule has 0 bridgehead atoms. The van der Waals surface area contributed by atoms with Crippen molar-refractivity contribution in [2.45, 2.75) is 6.61 Å². The molecule has 1 saturated heterocycles. The van der Waals surface area contributed by atoms with E-state index in [2.05, 4.69) is 0 Å². The normalized spacial score (nSPS) is 14.8. The number of amides is 1. The SMILES string of the molecule is O=C1/C(=C/c2cn(-c3ccccc3)nc2-c2cccc(OCc3ccc(F)cc3)c2)SC(=S)N1CCS(=O)(=O)O. The smallest absolute Gasteiger partial charge is 0.266 e. The predicted octanol–water partition coefficient (Wildman–Crippen LogP) is 5.35. The number of thiocarbonyl (C=S) groups is 1. The Balaban J connectivity index is 1.47. The molecule has 4 aromatic rings. The number of nitrogens with zero attached hydrogens (tertiary/aromatic N) is 3. The van der Waals surface area contributed by atoms with E-state index in [9.17, 15) is 17.6 Å². The maximum Gasteiger partial charge on any atom is 0.266 e. The van der Waals surface area contributed by atoms with Crippen LogP contribution in [-0.2, 0) is 21.5 Å². The van der Waals surface area contributed by atoms with Gasteiger partial charge >= 0.3 is 0 Å². The van der Waals surface area contributed by atoms with Crippen molar-refractivity contribution in [3.63, 3.8) is 0 Å². The van der Waals surface area contributed by atoms with E-state index in [0.29, 0.717) is 21.9 Å². The van der Waals surface area contributed by atoms with Crippen LogP contribution >= 0.6 is 24.0 Å². The molecule has 1 aliphatic heterocycles. The van der Waals surface area contributed by atoms with E-state index >= 15 is 0 Å². The number of halogens is 1. The molecule has 0 aliphatic carbocycles. The molecule has 0 unspecified atom stereocenters. The minimum Gasteiger partial charge on any atom is -0.489 e. The van der Waals surface area contributed by atoms with Crippen LogP contribution in [0.4, 0.5) is 4.39 Å². The quantitative estimate of drug-likeness (QED) is 0.157. The summed E-state index contributed by atoms with van der Waals surface area (Å²) in [5.41, 5.74) is 3.58. The number of aromatic nitrogens is 2. The molecule has 204 valence electrons. The molecule has 5 rings (SSSR count). The van der Waals surface area contributed by atoms with Gasteiger partial charge in [-0.15, -0.1) is 0 Å². The summed E-state index contributed by atoms with van der Waals surface area (Å²) >= 11 is 6.34. The third-order valence-electron chi connectivity index (χ3n) is 5.92. The lowest BCUT2D eigenvalue weighted by Crippen LogP contribution is -2.32. The van der Waals surface area contributed by atoms with Crippen LogP contribution in [0.15, 0.2) is 90.0 Å². The summed E-state index contributed by atoms with van der Waals surface area (Å²) in [4.78, 5) is 14.5. The molecule has 1 amide bonds. The predicted molar refractivity (Wildman–Crippen MR) is 156 cm³/mol. The highest BCUT2D eigenvalue weighted by Gasteiger charge is 2.33. The fourth-order valence-electron chi connectivity index (χ4n) is 3.95. The lowest BCUT2D eigenvalue weighted by molar-refractivity contribution is -0.121. The van der Waals surface area contributed by atoms with E-state index in [4.69, 9.17) is 26.6 Å². The van der Waals surface area contributed by atoms with Crippen molar-refractivity contribution in [3.8, 4) is 22.7 Å². The summed E-state index contributed by atoms with van der Waals surface area (Å²) in [6, 6.07) is 22.9. The van der Waals surface area contributed by atoms with Gasteiger partial charge in [0.2, 0.25) is 0 Å². The fourth-order valence-corrected chi connectivity index (χ4v) is 5.66. The van der Waals surface area contributed by atoms with Gasteiger partial charge in [0.15, 0.2) is 0 Å². The van der Waals surface area contributed by atoms with Crippen molar-refractivity contribution >= 4 is 50.4 Å². The van der Waals surface area contributed by atoms with Crippen LogP contribution in [0.2, 0.25) is 0 Å². The van der Waals surface area contributed by atoms with Crippen LogP contribution < -0.4 is 4.74 Å². The summed E-state index contributed by atoms with van der Waals surface area (Å²) in [7, 11) is -4.26. The summed E-state index contributed by atoms with van der Waals surface area (Å²) in [6.45, 7) is 0.00545. The minimum absolute atomic E-state index is 0.202. The second kappa shape index (κ2) is 11.7. The van der Waals surface area contributed by atoms with Gasteiger partial charge in [0.05, 0.1) is 16.3 Å². The second-order valence-electron chi connectivity index (χ2n) is 8.78. The molecule has 1 aromatic heterocycles. The Bertz CT molecular complexity index is 1700. The van der Waals surface area contributed by atoms with Crippen LogP contribution in [-0.4, -0.2) is 50.2 Å². The Morgan fingerprint density at radius 2 is 1.80 bits per heavy atom. The highest BCUT2D eigenvalue weighted by molar-refractivity contribution is 8.26. The number of hydrogen-bond donors (Lipinski definition) is 1. The first-order chi connectivity index (χ1) is 19.2. The highest BCUT2D eigenvalue weighted by atomic mass is 32.2. The molecule has 1 fully saturated rings. The van der Waals surface area contributed by atoms with Gasteiger partial charge in [-0.05, 0) is 48.0 Å². The monoisotopic (exact) mass is 595 g/mol. The van der Waals surface area contributed by atoms with Gasteiger partial charge in [-0.2, -0.15) is 13.5 Å². The summed E-state index contributed by atoms with van der Waals surface area (Å²) in [6.07, 6.45) is 3.46. The Morgan fingerprint density at radius 1 is 1.05 bits per heavy atom. The van der Waals surface area contributed by atoms with Crippen LogP contribution in [0.5, 0.6) is 5.75 Å². The molecule has 0 radical (unpaired) electrons. The Morgan fingerprint density at radius 3 is 2.52 bits per heavy atom. The first-order valence-corrected chi connectivity index (χ1v) is 14.8. The van der Waals surface area contributed by atoms with Gasteiger partial charge in [-0.3, -0.25) is 14.2 Å². The zero-order valence-corrected chi connectivity index (χ0v) is 23.3. The summed E-state index contributed by atoms with van der Waals surface area (Å²) in [5.74, 6) is -0.802. The first kappa shape index (κ1) is 27.7. The zero-order chi connectivity index (χ0) is 28.3. The van der Waals surface area contributed by atoms with E-state index in [1.54, 1.807) is 35.2 Å². The third-order valence-corrected chi connectivity index (χ3v) is 8.00. The Labute approximate surface area is 239 Å². The third kappa shape index (κ3) is 6.65. The molecular weight excluding hydrogens is 574 g/mol. The number of para-hydroxylation sites is 1. The van der Waals surface area contributed by atoms with Crippen molar-refractivity contribution in [1.82, 2.24) is 14.7 Å². The lowest BCUT2D eigenvalue weighted by Gasteiger charge is -2.12. The molecule has 1 aliphatic rings. The minimum atomic E-state index is -4.26. The molecule has 8 nitrogen and oxygen atoms in total. The number of carbonyl (C=O) groups is 1. The van der Waals surface area contributed by atoms with Crippen molar-refractivity contribution in [3.05, 3.63) is 107 Å². The fraction of sp³-hybridized carbons (Fsp3) is 0.107. The molecule has 3 aromatic carbocycles. The lowest BCUT2D eigenvalue weighted by atomic mass is 10.1. The zero-order valence-electron chi connectivity index (χ0n) is 20.8. The van der Waals surface area contributed by atoms with Crippen molar-refractivity contribution in [2.75, 3.05) is 12.3 Å². The van der Waals surface area contributed by atoms with Crippen LogP contribution in [0.1, 0.15) is 11.1 Å². The highest BCUT2D eigenvalue weighted by Crippen LogP contribution is 2.35. The van der Waals surface area contributed by atoms with Gasteiger partial charge in [0.25, 0.3) is 16.0 Å². The van der Waals surface area contributed by atoms with Crippen molar-refractivity contribution in [2.24, 2.45) is 0 Å². The van der Waals surface area contributed by atoms with Gasteiger partial charge < -0.3 is 4.74 Å². The number of carbonyl (C=O) groups excluding carboxylic acids is 1. The molecule has 0 atom stereocenters. The maximum atomic E-state index is 13.2. The van der Waals surface area contributed by atoms with Gasteiger partial charge in [0.1, 0.15) is 28.2 Å². The molecular formula is C28H22FN3O5S3. The largest absolute Gasteiger partial charge is 0.489 e. The van der Waals surface area contributed by atoms with Gasteiger partial charge in [-0.1, -0.05) is 66.4 Å². The van der Waals surface area contributed by atoms with Crippen molar-refractivity contribution in [1.29, 1.82) is 0 Å². The number of ether oxygens (including phenoxy) is 1. The Hall–Kier alpha value is -3.84. The van der Waals surface area contributed by atoms with E-state index in [1.165, 1.54) is 12.1 Å². The molecule has 2 heterocycles. The van der Waals surface area contributed by atoms with E-state index in [1.807, 2.05) is 48.5 Å². The van der Waals surface area contributed by atoms with Crippen LogP contribution in [0.25, 0.3) is 23.0 Å². The first-order valence-electron chi connectivity index (χ1n) is 12.0. The maximum absolute atomic E-state index is 13.2. The average Bonchev–Trinajstić information content (AvgIpc) is 3.47. The molecule has 1 N–H and O–H groups in total. The van der Waals surface area contributed by atoms with Crippen LogP contribution in [0, 0.1) is 5.82 Å². The topological polar surface area (TPSA) is 102 Å². The van der Waals surface area contributed by atoms with Gasteiger partial charge in [-0.25, -0.2) is 9.07 Å². The molecule has 0 spiro atoms. The number of thioether (sulfide) groups is 1. The van der Waals surface area contributed by atoms with Gasteiger partial charge in [0, 0.05) is 23.9 Å². The number of rotatable bonds is 9. The second-order valence-corrected chi connectivity index (χ2v) is 12.0. The molecule has 40 heavy (non-hydrogen) atoms. The molecule has 0 saturated carbocycles. The van der Waals surface area contributed by atoms with Crippen molar-refractivity contribution < 1.29 is 26.9 Å². The van der Waals surface area contributed by atoms with Crippen LogP contribution in [0.3, 0.4) is 0 Å². The van der Waals surface area contributed by atoms with E-state index in [0.717, 1.165) is 33.5 Å². The van der Waals surface area contributed by atoms with E-state index in [-0.39, 0.29) is 23.3 Å². The summed E-state index contributed by atoms with van der Waals surface area (Å²) < 4.78 is 52.6. The Kier molecular flexibility index (Phi) is 8.12. The average molecular weight is 596 g/mol. The number of benzene rings is 3. The molecule has 12 heteroatoms.